The van der Waals surface area contributed by atoms with E-state index in [0.717, 1.165) is 0 Å². The molecule has 0 aliphatic carbocycles. The molecule has 3 heteroatoms. The summed E-state index contributed by atoms with van der Waals surface area (Å²) in [6, 6.07) is 5.71. The summed E-state index contributed by atoms with van der Waals surface area (Å²) in [6.07, 6.45) is 4.43. The van der Waals surface area contributed by atoms with Crippen molar-refractivity contribution in [2.75, 3.05) is 0 Å². The standard InChI is InChI=1S/C10H13NO2/c1-2-9(10(12)13)8-11-6-4-3-5-7-11/h3-7,9H,2,8H2,1H3/p+1. The summed E-state index contributed by atoms with van der Waals surface area (Å²) in [4.78, 5) is 10.7. The van der Waals surface area contributed by atoms with E-state index in [-0.39, 0.29) is 5.92 Å². The molecule has 0 aliphatic heterocycles. The lowest BCUT2D eigenvalue weighted by atomic mass is 10.1. The summed E-state index contributed by atoms with van der Waals surface area (Å²) in [5, 5.41) is 8.82. The minimum absolute atomic E-state index is 0.285. The average Bonchev–Trinajstić information content (AvgIpc) is 2.15. The molecule has 1 unspecified atom stereocenters. The van der Waals surface area contributed by atoms with Gasteiger partial charge in [-0.1, -0.05) is 13.0 Å². The number of hydrogen-bond donors (Lipinski definition) is 1. The third kappa shape index (κ3) is 2.86. The number of aliphatic carboxylic acids is 1. The molecule has 1 atom stereocenters. The second-order valence-electron chi connectivity index (χ2n) is 3.02. The molecule has 0 spiro atoms. The van der Waals surface area contributed by atoms with Crippen molar-refractivity contribution >= 4 is 5.97 Å². The van der Waals surface area contributed by atoms with Gasteiger partial charge in [-0.2, -0.15) is 0 Å². The summed E-state index contributed by atoms with van der Waals surface area (Å²) < 4.78 is 1.89. The molecule has 1 heterocycles. The van der Waals surface area contributed by atoms with Gasteiger partial charge in [0.15, 0.2) is 18.9 Å². The van der Waals surface area contributed by atoms with Gasteiger partial charge in [-0.15, -0.1) is 0 Å². The first-order valence-corrected chi connectivity index (χ1v) is 4.41. The molecule has 13 heavy (non-hydrogen) atoms. The fraction of sp³-hybridized carbons (Fsp3) is 0.400. The van der Waals surface area contributed by atoms with E-state index >= 15 is 0 Å². The highest BCUT2D eigenvalue weighted by Crippen LogP contribution is 2.01. The van der Waals surface area contributed by atoms with Gasteiger partial charge in [-0.25, -0.2) is 4.57 Å². The van der Waals surface area contributed by atoms with Crippen molar-refractivity contribution in [3.8, 4) is 0 Å². The van der Waals surface area contributed by atoms with E-state index in [0.29, 0.717) is 13.0 Å². The van der Waals surface area contributed by atoms with Gasteiger partial charge >= 0.3 is 5.97 Å². The Hall–Kier alpha value is -1.38. The van der Waals surface area contributed by atoms with Gasteiger partial charge in [0.1, 0.15) is 5.92 Å². The molecule has 1 N–H and O–H groups in total. The van der Waals surface area contributed by atoms with Gasteiger partial charge in [-0.05, 0) is 6.42 Å². The quantitative estimate of drug-likeness (QED) is 0.704. The molecule has 1 aromatic rings. The van der Waals surface area contributed by atoms with Gasteiger partial charge in [0.05, 0.1) is 0 Å². The lowest BCUT2D eigenvalue weighted by molar-refractivity contribution is -0.701. The minimum atomic E-state index is -0.723. The Kier molecular flexibility index (Phi) is 3.43. The van der Waals surface area contributed by atoms with Crippen LogP contribution in [-0.4, -0.2) is 11.1 Å². The van der Waals surface area contributed by atoms with Crippen molar-refractivity contribution in [2.24, 2.45) is 5.92 Å². The van der Waals surface area contributed by atoms with Gasteiger partial charge in [0.2, 0.25) is 0 Å². The molecular weight excluding hydrogens is 166 g/mol. The predicted molar refractivity (Wildman–Crippen MR) is 48.1 cm³/mol. The van der Waals surface area contributed by atoms with Crippen molar-refractivity contribution in [1.82, 2.24) is 0 Å². The number of carbonyl (C=O) groups is 1. The molecule has 3 nitrogen and oxygen atoms in total. The topological polar surface area (TPSA) is 41.2 Å². The van der Waals surface area contributed by atoms with E-state index in [1.165, 1.54) is 0 Å². The van der Waals surface area contributed by atoms with Crippen molar-refractivity contribution in [3.05, 3.63) is 30.6 Å². The van der Waals surface area contributed by atoms with Crippen LogP contribution in [0.4, 0.5) is 0 Å². The van der Waals surface area contributed by atoms with Crippen LogP contribution in [0.25, 0.3) is 0 Å². The smallest absolute Gasteiger partial charge is 0.312 e. The van der Waals surface area contributed by atoms with Crippen LogP contribution < -0.4 is 4.57 Å². The van der Waals surface area contributed by atoms with Crippen LogP contribution in [0.1, 0.15) is 13.3 Å². The lowest BCUT2D eigenvalue weighted by Crippen LogP contribution is -2.38. The zero-order chi connectivity index (χ0) is 9.68. The normalized spacial score (nSPS) is 12.4. The molecule has 0 fully saturated rings. The van der Waals surface area contributed by atoms with Crippen LogP contribution in [0.3, 0.4) is 0 Å². The zero-order valence-corrected chi connectivity index (χ0v) is 7.68. The Labute approximate surface area is 77.6 Å². The van der Waals surface area contributed by atoms with Crippen LogP contribution in [0, 0.1) is 5.92 Å². The molecule has 0 aliphatic rings. The Bertz CT molecular complexity index is 272. The third-order valence-electron chi connectivity index (χ3n) is 2.05. The number of rotatable bonds is 4. The highest BCUT2D eigenvalue weighted by molar-refractivity contribution is 5.69. The van der Waals surface area contributed by atoms with Crippen LogP contribution in [0.15, 0.2) is 30.6 Å². The first-order chi connectivity index (χ1) is 6.24. The number of carboxylic acid groups (broad SMARTS) is 1. The minimum Gasteiger partial charge on any atom is -0.481 e. The van der Waals surface area contributed by atoms with E-state index in [2.05, 4.69) is 0 Å². The largest absolute Gasteiger partial charge is 0.481 e. The second kappa shape index (κ2) is 4.60. The van der Waals surface area contributed by atoms with Crippen LogP contribution in [0.2, 0.25) is 0 Å². The van der Waals surface area contributed by atoms with Crippen molar-refractivity contribution in [2.45, 2.75) is 19.9 Å². The van der Waals surface area contributed by atoms with Crippen LogP contribution in [0.5, 0.6) is 0 Å². The Morgan fingerprint density at radius 2 is 2.00 bits per heavy atom. The maximum Gasteiger partial charge on any atom is 0.312 e. The maximum absolute atomic E-state index is 10.7. The number of nitrogens with zero attached hydrogens (tertiary/aromatic N) is 1. The molecule has 0 saturated heterocycles. The van der Waals surface area contributed by atoms with Gasteiger partial charge in [-0.3, -0.25) is 4.79 Å². The van der Waals surface area contributed by atoms with Crippen LogP contribution >= 0.6 is 0 Å². The molecule has 1 aromatic heterocycles. The molecular formula is C10H14NO2+. The Morgan fingerprint density at radius 1 is 1.38 bits per heavy atom. The van der Waals surface area contributed by atoms with Gasteiger partial charge in [0.25, 0.3) is 0 Å². The van der Waals surface area contributed by atoms with Crippen molar-refractivity contribution in [1.29, 1.82) is 0 Å². The van der Waals surface area contributed by atoms with Crippen molar-refractivity contribution < 1.29 is 14.5 Å². The summed E-state index contributed by atoms with van der Waals surface area (Å²) in [5.41, 5.74) is 0. The summed E-state index contributed by atoms with van der Waals surface area (Å²) >= 11 is 0. The maximum atomic E-state index is 10.7. The van der Waals surface area contributed by atoms with Crippen molar-refractivity contribution in [3.63, 3.8) is 0 Å². The highest BCUT2D eigenvalue weighted by Gasteiger charge is 2.19. The van der Waals surface area contributed by atoms with Gasteiger partial charge in [0, 0.05) is 12.1 Å². The SMILES string of the molecule is CCC(C[n+]1ccccc1)C(=O)O. The van der Waals surface area contributed by atoms with E-state index in [9.17, 15) is 4.79 Å². The summed E-state index contributed by atoms with van der Waals surface area (Å²) in [7, 11) is 0. The average molecular weight is 180 g/mol. The number of pyridine rings is 1. The van der Waals surface area contributed by atoms with E-state index in [4.69, 9.17) is 5.11 Å². The fourth-order valence-electron chi connectivity index (χ4n) is 1.19. The second-order valence-corrected chi connectivity index (χ2v) is 3.02. The fourth-order valence-corrected chi connectivity index (χ4v) is 1.19. The molecule has 0 saturated carbocycles. The Morgan fingerprint density at radius 3 is 2.46 bits per heavy atom. The van der Waals surface area contributed by atoms with Gasteiger partial charge < -0.3 is 5.11 Å². The number of aromatic nitrogens is 1. The number of carboxylic acids is 1. The first kappa shape index (κ1) is 9.71. The monoisotopic (exact) mass is 180 g/mol. The molecule has 1 rings (SSSR count). The lowest BCUT2D eigenvalue weighted by Gasteiger charge is -2.04. The molecule has 0 radical (unpaired) electrons. The Balaban J connectivity index is 2.62. The zero-order valence-electron chi connectivity index (χ0n) is 7.68. The first-order valence-electron chi connectivity index (χ1n) is 4.41. The predicted octanol–water partition coefficient (Wildman–Crippen LogP) is 1.08. The third-order valence-corrected chi connectivity index (χ3v) is 2.05. The van der Waals surface area contributed by atoms with E-state index in [1.807, 2.05) is 42.1 Å². The number of hydrogen-bond acceptors (Lipinski definition) is 1. The molecule has 70 valence electrons. The molecule has 0 aromatic carbocycles. The highest BCUT2D eigenvalue weighted by atomic mass is 16.4. The van der Waals surface area contributed by atoms with Crippen LogP contribution in [-0.2, 0) is 11.3 Å². The van der Waals surface area contributed by atoms with E-state index in [1.54, 1.807) is 0 Å². The van der Waals surface area contributed by atoms with E-state index < -0.39 is 5.97 Å². The molecule has 0 bridgehead atoms. The molecule has 0 amide bonds. The summed E-state index contributed by atoms with van der Waals surface area (Å²) in [5.74, 6) is -1.01. The summed E-state index contributed by atoms with van der Waals surface area (Å²) in [6.45, 7) is 2.44.